The maximum absolute atomic E-state index is 14.4. The van der Waals surface area contributed by atoms with Crippen LogP contribution in [0.15, 0.2) is 18.2 Å². The number of rotatable bonds is 4. The van der Waals surface area contributed by atoms with E-state index in [4.69, 9.17) is 5.73 Å². The summed E-state index contributed by atoms with van der Waals surface area (Å²) in [5.74, 6) is -0.0940. The van der Waals surface area contributed by atoms with E-state index >= 15 is 0 Å². The number of benzene rings is 1. The lowest BCUT2D eigenvalue weighted by Crippen LogP contribution is -2.36. The summed E-state index contributed by atoms with van der Waals surface area (Å²) in [7, 11) is 0. The van der Waals surface area contributed by atoms with E-state index in [1.165, 1.54) is 19.3 Å². The number of para-hydroxylation sites is 1. The first kappa shape index (κ1) is 15.3. The highest BCUT2D eigenvalue weighted by Gasteiger charge is 2.24. The zero-order chi connectivity index (χ0) is 14.5. The second-order valence-corrected chi connectivity index (χ2v) is 6.03. The van der Waals surface area contributed by atoms with Crippen molar-refractivity contribution >= 4 is 5.69 Å². The Morgan fingerprint density at radius 1 is 1.35 bits per heavy atom. The van der Waals surface area contributed by atoms with Crippen LogP contribution in [0.25, 0.3) is 0 Å². The van der Waals surface area contributed by atoms with Crippen LogP contribution in [-0.2, 0) is 6.42 Å². The van der Waals surface area contributed by atoms with Crippen LogP contribution < -0.4 is 10.6 Å². The monoisotopic (exact) mass is 278 g/mol. The summed E-state index contributed by atoms with van der Waals surface area (Å²) in [6, 6.07) is 5.93. The summed E-state index contributed by atoms with van der Waals surface area (Å²) >= 11 is 0. The Balaban J connectivity index is 2.37. The molecule has 2 N–H and O–H groups in total. The van der Waals surface area contributed by atoms with E-state index in [9.17, 15) is 4.39 Å². The molecule has 2 atom stereocenters. The molecule has 1 aromatic carbocycles. The molecular formula is C17H27FN2. The van der Waals surface area contributed by atoms with Gasteiger partial charge in [0.15, 0.2) is 0 Å². The molecule has 2 nitrogen and oxygen atoms in total. The third-order valence-corrected chi connectivity index (χ3v) is 4.25. The molecule has 2 unspecified atom stereocenters. The van der Waals surface area contributed by atoms with Gasteiger partial charge in [0.1, 0.15) is 5.82 Å². The summed E-state index contributed by atoms with van der Waals surface area (Å²) in [5.41, 5.74) is 7.79. The van der Waals surface area contributed by atoms with Gasteiger partial charge in [-0.05, 0) is 44.2 Å². The van der Waals surface area contributed by atoms with Gasteiger partial charge in [0.25, 0.3) is 0 Å². The van der Waals surface area contributed by atoms with Crippen molar-refractivity contribution in [2.24, 2.45) is 5.73 Å². The van der Waals surface area contributed by atoms with Crippen molar-refractivity contribution in [3.05, 3.63) is 29.6 Å². The molecule has 0 radical (unpaired) electrons. The predicted molar refractivity (Wildman–Crippen MR) is 83.6 cm³/mol. The highest BCUT2D eigenvalue weighted by atomic mass is 19.1. The Morgan fingerprint density at radius 3 is 2.85 bits per heavy atom. The molecule has 0 aliphatic carbocycles. The van der Waals surface area contributed by atoms with E-state index in [0.717, 1.165) is 37.1 Å². The van der Waals surface area contributed by atoms with Crippen molar-refractivity contribution in [1.82, 2.24) is 0 Å². The van der Waals surface area contributed by atoms with Gasteiger partial charge in [-0.2, -0.15) is 0 Å². The van der Waals surface area contributed by atoms with E-state index in [1.807, 2.05) is 13.0 Å². The average molecular weight is 278 g/mol. The van der Waals surface area contributed by atoms with Gasteiger partial charge >= 0.3 is 0 Å². The summed E-state index contributed by atoms with van der Waals surface area (Å²) < 4.78 is 14.4. The molecule has 3 heteroatoms. The Labute approximate surface area is 122 Å². The van der Waals surface area contributed by atoms with Crippen LogP contribution in [0, 0.1) is 5.82 Å². The number of halogens is 1. The van der Waals surface area contributed by atoms with Gasteiger partial charge in [-0.15, -0.1) is 0 Å². The third kappa shape index (κ3) is 3.51. The Bertz CT molecular complexity index is 431. The van der Waals surface area contributed by atoms with Crippen LogP contribution in [0.2, 0.25) is 0 Å². The normalized spacial score (nSPS) is 21.6. The van der Waals surface area contributed by atoms with E-state index in [2.05, 4.69) is 11.8 Å². The van der Waals surface area contributed by atoms with Gasteiger partial charge < -0.3 is 10.6 Å². The standard InChI is InChI=1S/C17H27FN2/c1-3-15-9-5-4-6-11-20(15)17-14(12-13(2)19)8-7-10-16(17)18/h7-8,10,13,15H,3-6,9,11-12,19H2,1-2H3. The fourth-order valence-corrected chi connectivity index (χ4v) is 3.29. The van der Waals surface area contributed by atoms with Crippen LogP contribution >= 0.6 is 0 Å². The highest BCUT2D eigenvalue weighted by molar-refractivity contribution is 5.56. The summed E-state index contributed by atoms with van der Waals surface area (Å²) in [5, 5.41) is 0. The third-order valence-electron chi connectivity index (χ3n) is 4.25. The zero-order valence-corrected chi connectivity index (χ0v) is 12.7. The van der Waals surface area contributed by atoms with Crippen molar-refractivity contribution in [1.29, 1.82) is 0 Å². The zero-order valence-electron chi connectivity index (χ0n) is 12.7. The molecule has 0 aromatic heterocycles. The molecular weight excluding hydrogens is 251 g/mol. The van der Waals surface area contributed by atoms with Gasteiger partial charge in [0.2, 0.25) is 0 Å². The van der Waals surface area contributed by atoms with E-state index in [0.29, 0.717) is 6.04 Å². The predicted octanol–water partition coefficient (Wildman–Crippen LogP) is 3.87. The molecule has 1 aliphatic heterocycles. The van der Waals surface area contributed by atoms with Crippen molar-refractivity contribution < 1.29 is 4.39 Å². The molecule has 1 fully saturated rings. The fraction of sp³-hybridized carbons (Fsp3) is 0.647. The number of hydrogen-bond donors (Lipinski definition) is 1. The second-order valence-electron chi connectivity index (χ2n) is 6.03. The van der Waals surface area contributed by atoms with Crippen LogP contribution in [0.5, 0.6) is 0 Å². The van der Waals surface area contributed by atoms with Crippen molar-refractivity contribution in [2.45, 2.75) is 64.5 Å². The van der Waals surface area contributed by atoms with Crippen LogP contribution in [-0.4, -0.2) is 18.6 Å². The second kappa shape index (κ2) is 7.07. The van der Waals surface area contributed by atoms with Gasteiger partial charge in [0, 0.05) is 18.6 Å². The quantitative estimate of drug-likeness (QED) is 0.905. The maximum Gasteiger partial charge on any atom is 0.146 e. The molecule has 1 saturated heterocycles. The summed E-state index contributed by atoms with van der Waals surface area (Å²) in [4.78, 5) is 2.31. The van der Waals surface area contributed by atoms with E-state index in [-0.39, 0.29) is 11.9 Å². The fourth-order valence-electron chi connectivity index (χ4n) is 3.29. The smallest absolute Gasteiger partial charge is 0.146 e. The molecule has 0 saturated carbocycles. The lowest BCUT2D eigenvalue weighted by molar-refractivity contribution is 0.536. The summed E-state index contributed by atoms with van der Waals surface area (Å²) in [6.45, 7) is 5.15. The lowest BCUT2D eigenvalue weighted by Gasteiger charge is -2.33. The van der Waals surface area contributed by atoms with E-state index < -0.39 is 0 Å². The Morgan fingerprint density at radius 2 is 2.15 bits per heavy atom. The first-order valence-electron chi connectivity index (χ1n) is 7.93. The molecule has 0 spiro atoms. The van der Waals surface area contributed by atoms with E-state index in [1.54, 1.807) is 12.1 Å². The van der Waals surface area contributed by atoms with Gasteiger partial charge in [0.05, 0.1) is 5.69 Å². The molecule has 0 amide bonds. The Kier molecular flexibility index (Phi) is 5.41. The molecule has 1 aliphatic rings. The van der Waals surface area contributed by atoms with Gasteiger partial charge in [-0.25, -0.2) is 4.39 Å². The minimum absolute atomic E-state index is 0.0580. The van der Waals surface area contributed by atoms with Crippen LogP contribution in [0.1, 0.15) is 51.5 Å². The average Bonchev–Trinajstić information content (AvgIpc) is 2.63. The topological polar surface area (TPSA) is 29.3 Å². The number of nitrogens with two attached hydrogens (primary N) is 1. The van der Waals surface area contributed by atoms with Gasteiger partial charge in [-0.1, -0.05) is 31.9 Å². The largest absolute Gasteiger partial charge is 0.366 e. The lowest BCUT2D eigenvalue weighted by atomic mass is 10.0. The van der Waals surface area contributed by atoms with Gasteiger partial charge in [-0.3, -0.25) is 0 Å². The molecule has 20 heavy (non-hydrogen) atoms. The first-order valence-corrected chi connectivity index (χ1v) is 7.93. The van der Waals surface area contributed by atoms with Crippen molar-refractivity contribution in [2.75, 3.05) is 11.4 Å². The highest BCUT2D eigenvalue weighted by Crippen LogP contribution is 2.31. The number of hydrogen-bond acceptors (Lipinski definition) is 2. The maximum atomic E-state index is 14.4. The Hall–Kier alpha value is -1.09. The molecule has 2 rings (SSSR count). The van der Waals surface area contributed by atoms with Crippen molar-refractivity contribution in [3.63, 3.8) is 0 Å². The minimum Gasteiger partial charge on any atom is -0.366 e. The minimum atomic E-state index is -0.0940. The van der Waals surface area contributed by atoms with Crippen LogP contribution in [0.3, 0.4) is 0 Å². The molecule has 0 bridgehead atoms. The SMILES string of the molecule is CCC1CCCCCN1c1c(F)cccc1CC(C)N. The summed E-state index contributed by atoms with van der Waals surface area (Å²) in [6.07, 6.45) is 6.65. The molecule has 1 heterocycles. The van der Waals surface area contributed by atoms with Crippen molar-refractivity contribution in [3.8, 4) is 0 Å². The number of nitrogens with zero attached hydrogens (tertiary/aromatic N) is 1. The molecule has 1 aromatic rings. The molecule has 112 valence electrons. The first-order chi connectivity index (χ1) is 9.63. The van der Waals surface area contributed by atoms with Crippen LogP contribution in [0.4, 0.5) is 10.1 Å². The number of anilines is 1.